The minimum atomic E-state index is -1.08. The van der Waals surface area contributed by atoms with Crippen LogP contribution in [0.5, 0.6) is 0 Å². The maximum atomic E-state index is 9.11. The van der Waals surface area contributed by atoms with Crippen LogP contribution in [0.2, 0.25) is 25.7 Å². The third-order valence-electron chi connectivity index (χ3n) is 3.05. The summed E-state index contributed by atoms with van der Waals surface area (Å²) in [6.07, 6.45) is 0. The highest BCUT2D eigenvalue weighted by Crippen LogP contribution is 2.17. The van der Waals surface area contributed by atoms with Crippen molar-refractivity contribution >= 4 is 19.1 Å². The van der Waals surface area contributed by atoms with E-state index in [0.717, 1.165) is 29.4 Å². The second-order valence-electron chi connectivity index (χ2n) is 6.13. The van der Waals surface area contributed by atoms with Gasteiger partial charge >= 0.3 is 0 Å². The summed E-state index contributed by atoms with van der Waals surface area (Å²) in [6.45, 7) is 9.95. The van der Waals surface area contributed by atoms with Gasteiger partial charge < -0.3 is 4.74 Å². The van der Waals surface area contributed by atoms with Crippen LogP contribution in [0.15, 0.2) is 12.1 Å². The fraction of sp³-hybridized carbons (Fsp3) is 0.500. The van der Waals surface area contributed by atoms with Crippen molar-refractivity contribution in [1.29, 1.82) is 5.26 Å². The molecule has 0 spiro atoms. The first-order chi connectivity index (χ1) is 9.40. The zero-order chi connectivity index (χ0) is 14.8. The van der Waals surface area contributed by atoms with Crippen molar-refractivity contribution in [2.75, 3.05) is 6.61 Å². The van der Waals surface area contributed by atoms with Crippen LogP contribution in [0.1, 0.15) is 11.4 Å². The molecule has 0 aliphatic rings. The number of fused-ring (bicyclic) bond motifs is 1. The molecule has 0 fully saturated rings. The fourth-order valence-corrected chi connectivity index (χ4v) is 2.61. The Morgan fingerprint density at radius 3 is 2.75 bits per heavy atom. The van der Waals surface area contributed by atoms with Crippen molar-refractivity contribution in [2.45, 2.75) is 39.3 Å². The molecule has 2 aromatic rings. The van der Waals surface area contributed by atoms with Gasteiger partial charge in [-0.15, -0.1) is 0 Å². The molecule has 5 nitrogen and oxygen atoms in total. The summed E-state index contributed by atoms with van der Waals surface area (Å²) in [6, 6.07) is 7.00. The van der Waals surface area contributed by atoms with Crippen molar-refractivity contribution < 1.29 is 4.74 Å². The number of pyridine rings is 1. The van der Waals surface area contributed by atoms with E-state index in [-0.39, 0.29) is 0 Å². The van der Waals surface area contributed by atoms with E-state index in [1.54, 1.807) is 4.68 Å². The summed E-state index contributed by atoms with van der Waals surface area (Å²) in [5.41, 5.74) is 2.03. The number of aryl methyl sites for hydroxylation is 1. The summed E-state index contributed by atoms with van der Waals surface area (Å²) in [4.78, 5) is 4.45. The van der Waals surface area contributed by atoms with Gasteiger partial charge in [0, 0.05) is 20.4 Å². The Kier molecular flexibility index (Phi) is 4.21. The lowest BCUT2D eigenvalue weighted by Gasteiger charge is -2.15. The zero-order valence-electron chi connectivity index (χ0n) is 12.5. The highest BCUT2D eigenvalue weighted by molar-refractivity contribution is 6.76. The van der Waals surface area contributed by atoms with E-state index in [1.165, 1.54) is 0 Å². The summed E-state index contributed by atoms with van der Waals surface area (Å²) in [7, 11) is -1.08. The molecular formula is C14H20N4OSi. The topological polar surface area (TPSA) is 63.7 Å². The summed E-state index contributed by atoms with van der Waals surface area (Å²) in [5.74, 6) is 0. The van der Waals surface area contributed by atoms with E-state index in [9.17, 15) is 0 Å². The molecule has 0 aliphatic heterocycles. The molecule has 0 aliphatic carbocycles. The van der Waals surface area contributed by atoms with Crippen molar-refractivity contribution in [3.05, 3.63) is 23.5 Å². The maximum Gasteiger partial charge on any atom is 0.172 e. The first kappa shape index (κ1) is 14.7. The lowest BCUT2D eigenvalue weighted by Crippen LogP contribution is -2.22. The van der Waals surface area contributed by atoms with Crippen LogP contribution in [0, 0.1) is 18.3 Å². The van der Waals surface area contributed by atoms with Gasteiger partial charge in [0.15, 0.2) is 11.3 Å². The highest BCUT2D eigenvalue weighted by Gasteiger charge is 2.14. The lowest BCUT2D eigenvalue weighted by molar-refractivity contribution is 0.0812. The first-order valence-electron chi connectivity index (χ1n) is 6.73. The van der Waals surface area contributed by atoms with Crippen LogP contribution in [0.3, 0.4) is 0 Å². The molecule has 2 heterocycles. The van der Waals surface area contributed by atoms with E-state index >= 15 is 0 Å². The Labute approximate surface area is 120 Å². The Balaban J connectivity index is 2.14. The number of nitrogens with zero attached hydrogens (tertiary/aromatic N) is 4. The average Bonchev–Trinajstić information content (AvgIpc) is 2.71. The normalized spacial score (nSPS) is 11.8. The van der Waals surface area contributed by atoms with E-state index < -0.39 is 8.07 Å². The Bertz CT molecular complexity index is 651. The Hall–Kier alpha value is -1.71. The van der Waals surface area contributed by atoms with Crippen LogP contribution in [-0.4, -0.2) is 29.4 Å². The molecule has 2 aromatic heterocycles. The molecule has 0 N–H and O–H groups in total. The third kappa shape index (κ3) is 3.44. The van der Waals surface area contributed by atoms with Crippen molar-refractivity contribution in [3.63, 3.8) is 0 Å². The van der Waals surface area contributed by atoms with E-state index in [1.807, 2.05) is 19.1 Å². The number of ether oxygens (including phenoxy) is 1. The predicted octanol–water partition coefficient (Wildman–Crippen LogP) is 2.92. The highest BCUT2D eigenvalue weighted by atomic mass is 28.3. The number of rotatable bonds is 5. The standard InChI is InChI=1S/C14H20N4OSi/c1-11-5-6-12-13(9-15)17-18(14(12)16-11)10-19-7-8-20(2,3)4/h5-6H,7-8,10H2,1-4H3. The minimum absolute atomic E-state index is 0.346. The molecule has 0 amide bonds. The zero-order valence-corrected chi connectivity index (χ0v) is 13.5. The second-order valence-corrected chi connectivity index (χ2v) is 11.8. The van der Waals surface area contributed by atoms with Crippen LogP contribution in [0.25, 0.3) is 11.0 Å². The maximum absolute atomic E-state index is 9.11. The predicted molar refractivity (Wildman–Crippen MR) is 81.1 cm³/mol. The molecular weight excluding hydrogens is 268 g/mol. The molecule has 6 heteroatoms. The summed E-state index contributed by atoms with van der Waals surface area (Å²) >= 11 is 0. The average molecular weight is 288 g/mol. The SMILES string of the molecule is Cc1ccc2c(C#N)nn(COCC[Si](C)(C)C)c2n1. The number of hydrogen-bond donors (Lipinski definition) is 0. The van der Waals surface area contributed by atoms with Crippen LogP contribution < -0.4 is 0 Å². The molecule has 0 aromatic carbocycles. The Morgan fingerprint density at radius 2 is 2.10 bits per heavy atom. The van der Waals surface area contributed by atoms with Gasteiger partial charge in [-0.3, -0.25) is 0 Å². The van der Waals surface area contributed by atoms with Crippen LogP contribution >= 0.6 is 0 Å². The van der Waals surface area contributed by atoms with Gasteiger partial charge in [-0.25, -0.2) is 9.67 Å². The molecule has 0 bridgehead atoms. The summed E-state index contributed by atoms with van der Waals surface area (Å²) in [5, 5.41) is 14.2. The van der Waals surface area contributed by atoms with Gasteiger partial charge in [0.05, 0.1) is 5.39 Å². The Morgan fingerprint density at radius 1 is 1.35 bits per heavy atom. The molecule has 0 unspecified atom stereocenters. The van der Waals surface area contributed by atoms with Crippen molar-refractivity contribution in [1.82, 2.24) is 14.8 Å². The van der Waals surface area contributed by atoms with Gasteiger partial charge in [-0.2, -0.15) is 10.4 Å². The number of nitriles is 1. The van der Waals surface area contributed by atoms with Crippen LogP contribution in [-0.2, 0) is 11.5 Å². The number of aromatic nitrogens is 3. The quantitative estimate of drug-likeness (QED) is 0.627. The molecule has 0 radical (unpaired) electrons. The largest absolute Gasteiger partial charge is 0.359 e. The minimum Gasteiger partial charge on any atom is -0.359 e. The monoisotopic (exact) mass is 288 g/mol. The molecule has 2 rings (SSSR count). The van der Waals surface area contributed by atoms with Gasteiger partial charge in [0.2, 0.25) is 0 Å². The van der Waals surface area contributed by atoms with E-state index in [2.05, 4.69) is 35.8 Å². The van der Waals surface area contributed by atoms with E-state index in [4.69, 9.17) is 10.00 Å². The number of hydrogen-bond acceptors (Lipinski definition) is 4. The molecule has 0 atom stereocenters. The first-order valence-corrected chi connectivity index (χ1v) is 10.4. The van der Waals surface area contributed by atoms with E-state index in [0.29, 0.717) is 12.4 Å². The van der Waals surface area contributed by atoms with Gasteiger partial charge in [-0.05, 0) is 25.1 Å². The smallest absolute Gasteiger partial charge is 0.172 e. The molecule has 106 valence electrons. The third-order valence-corrected chi connectivity index (χ3v) is 4.75. The summed E-state index contributed by atoms with van der Waals surface area (Å²) < 4.78 is 7.36. The lowest BCUT2D eigenvalue weighted by atomic mass is 10.2. The molecule has 0 saturated heterocycles. The molecule has 0 saturated carbocycles. The molecule has 20 heavy (non-hydrogen) atoms. The van der Waals surface area contributed by atoms with Crippen LogP contribution in [0.4, 0.5) is 0 Å². The van der Waals surface area contributed by atoms with Crippen molar-refractivity contribution in [3.8, 4) is 6.07 Å². The van der Waals surface area contributed by atoms with Gasteiger partial charge in [0.1, 0.15) is 12.8 Å². The van der Waals surface area contributed by atoms with Gasteiger partial charge in [0.25, 0.3) is 0 Å². The fourth-order valence-electron chi connectivity index (χ4n) is 1.85. The second kappa shape index (κ2) is 5.73. The van der Waals surface area contributed by atoms with Crippen molar-refractivity contribution in [2.24, 2.45) is 0 Å². The van der Waals surface area contributed by atoms with Gasteiger partial charge in [-0.1, -0.05) is 19.6 Å².